The third-order valence-corrected chi connectivity index (χ3v) is 7.16. The number of fused-ring (bicyclic) bond motifs is 1. The van der Waals surface area contributed by atoms with Crippen molar-refractivity contribution in [3.05, 3.63) is 27.7 Å². The van der Waals surface area contributed by atoms with Crippen molar-refractivity contribution in [2.24, 2.45) is 17.8 Å². The zero-order valence-corrected chi connectivity index (χ0v) is 15.0. The normalized spacial score (nSPS) is 36.3. The Morgan fingerprint density at radius 3 is 2.48 bits per heavy atom. The molecule has 5 aliphatic carbocycles. The molecule has 1 aromatic rings. The van der Waals surface area contributed by atoms with Gasteiger partial charge in [0.05, 0.1) is 5.69 Å². The maximum atomic E-state index is 13.0. The first kappa shape index (κ1) is 15.6. The molecule has 134 valence electrons. The SMILES string of the molecule is CC(C(=O)NC12CC3CC(CC(C3)C1)C2)n1nc2c(cc1=O)CCC2. The molecule has 1 atom stereocenters. The van der Waals surface area contributed by atoms with Crippen molar-refractivity contribution in [2.75, 3.05) is 0 Å². The summed E-state index contributed by atoms with van der Waals surface area (Å²) in [7, 11) is 0. The highest BCUT2D eigenvalue weighted by molar-refractivity contribution is 5.80. The molecule has 0 aromatic carbocycles. The summed E-state index contributed by atoms with van der Waals surface area (Å²) in [6.07, 6.45) is 10.4. The Balaban J connectivity index is 1.37. The Bertz CT molecular complexity index is 746. The highest BCUT2D eigenvalue weighted by Gasteiger charge is 2.51. The molecule has 1 unspecified atom stereocenters. The van der Waals surface area contributed by atoms with E-state index in [1.54, 1.807) is 6.07 Å². The first-order valence-electron chi connectivity index (χ1n) is 9.95. The van der Waals surface area contributed by atoms with Gasteiger partial charge in [0, 0.05) is 11.6 Å². The lowest BCUT2D eigenvalue weighted by molar-refractivity contribution is -0.130. The number of aryl methyl sites for hydroxylation is 2. The Morgan fingerprint density at radius 1 is 1.20 bits per heavy atom. The van der Waals surface area contributed by atoms with Crippen LogP contribution in [0.5, 0.6) is 0 Å². The van der Waals surface area contributed by atoms with Crippen LogP contribution in [0, 0.1) is 17.8 Å². The topological polar surface area (TPSA) is 64.0 Å². The van der Waals surface area contributed by atoms with Gasteiger partial charge < -0.3 is 5.32 Å². The highest BCUT2D eigenvalue weighted by atomic mass is 16.2. The number of amides is 1. The van der Waals surface area contributed by atoms with Gasteiger partial charge in [-0.15, -0.1) is 0 Å². The fourth-order valence-electron chi connectivity index (χ4n) is 6.43. The van der Waals surface area contributed by atoms with E-state index in [-0.39, 0.29) is 17.0 Å². The molecule has 1 heterocycles. The van der Waals surface area contributed by atoms with Gasteiger partial charge in [-0.1, -0.05) is 0 Å². The van der Waals surface area contributed by atoms with Gasteiger partial charge >= 0.3 is 0 Å². The summed E-state index contributed by atoms with van der Waals surface area (Å²) < 4.78 is 1.40. The van der Waals surface area contributed by atoms with Gasteiger partial charge in [0.15, 0.2) is 0 Å². The zero-order valence-electron chi connectivity index (χ0n) is 15.0. The number of carbonyl (C=O) groups is 1. The van der Waals surface area contributed by atoms with Crippen molar-refractivity contribution < 1.29 is 4.79 Å². The van der Waals surface area contributed by atoms with E-state index in [1.807, 2.05) is 6.92 Å². The second-order valence-corrected chi connectivity index (χ2v) is 9.12. The van der Waals surface area contributed by atoms with Gasteiger partial charge in [-0.3, -0.25) is 9.59 Å². The van der Waals surface area contributed by atoms with Crippen molar-refractivity contribution in [3.8, 4) is 0 Å². The summed E-state index contributed by atoms with van der Waals surface area (Å²) in [6.45, 7) is 1.81. The predicted molar refractivity (Wildman–Crippen MR) is 94.3 cm³/mol. The number of hydrogen-bond acceptors (Lipinski definition) is 3. The van der Waals surface area contributed by atoms with E-state index >= 15 is 0 Å². The molecule has 1 amide bonds. The Labute approximate surface area is 148 Å². The lowest BCUT2D eigenvalue weighted by atomic mass is 9.53. The third-order valence-electron chi connectivity index (χ3n) is 7.16. The molecule has 0 saturated heterocycles. The maximum Gasteiger partial charge on any atom is 0.267 e. The molecule has 4 bridgehead atoms. The molecule has 1 N–H and O–H groups in total. The monoisotopic (exact) mass is 341 g/mol. The van der Waals surface area contributed by atoms with E-state index in [0.29, 0.717) is 0 Å². The summed E-state index contributed by atoms with van der Waals surface area (Å²) >= 11 is 0. The van der Waals surface area contributed by atoms with Crippen LogP contribution >= 0.6 is 0 Å². The smallest absolute Gasteiger partial charge is 0.267 e. The van der Waals surface area contributed by atoms with Gasteiger partial charge in [-0.2, -0.15) is 5.10 Å². The van der Waals surface area contributed by atoms with Crippen molar-refractivity contribution in [3.63, 3.8) is 0 Å². The van der Waals surface area contributed by atoms with Crippen molar-refractivity contribution in [1.82, 2.24) is 15.1 Å². The Kier molecular flexibility index (Phi) is 3.38. The van der Waals surface area contributed by atoms with E-state index in [2.05, 4.69) is 10.4 Å². The fourth-order valence-corrected chi connectivity index (χ4v) is 6.43. The average Bonchev–Trinajstić information content (AvgIpc) is 2.98. The summed E-state index contributed by atoms with van der Waals surface area (Å²) in [6, 6.07) is 1.15. The zero-order chi connectivity index (χ0) is 17.2. The average molecular weight is 341 g/mol. The molecule has 0 aliphatic heterocycles. The second-order valence-electron chi connectivity index (χ2n) is 9.12. The largest absolute Gasteiger partial charge is 0.349 e. The van der Waals surface area contributed by atoms with E-state index in [9.17, 15) is 9.59 Å². The standard InChI is InChI=1S/C20H27N3O2/c1-12(23-18(24)8-16-3-2-4-17(16)22-23)19(25)21-20-9-13-5-14(10-20)7-15(6-13)11-20/h8,12-15H,2-7,9-11H2,1H3,(H,21,25). The quantitative estimate of drug-likeness (QED) is 0.918. The van der Waals surface area contributed by atoms with Crippen molar-refractivity contribution in [1.29, 1.82) is 0 Å². The van der Waals surface area contributed by atoms with Crippen LogP contribution in [-0.2, 0) is 17.6 Å². The molecule has 6 rings (SSSR count). The molecule has 25 heavy (non-hydrogen) atoms. The lowest BCUT2D eigenvalue weighted by Crippen LogP contribution is -2.60. The van der Waals surface area contributed by atoms with E-state index in [4.69, 9.17) is 0 Å². The Hall–Kier alpha value is -1.65. The number of nitrogens with zero attached hydrogens (tertiary/aromatic N) is 2. The lowest BCUT2D eigenvalue weighted by Gasteiger charge is -2.57. The van der Waals surface area contributed by atoms with E-state index in [0.717, 1.165) is 67.5 Å². The molecular weight excluding hydrogens is 314 g/mol. The molecule has 0 spiro atoms. The minimum absolute atomic E-state index is 0.0135. The summed E-state index contributed by atoms with van der Waals surface area (Å²) in [4.78, 5) is 25.4. The number of nitrogens with one attached hydrogen (secondary N) is 1. The van der Waals surface area contributed by atoms with Crippen LogP contribution in [0.2, 0.25) is 0 Å². The first-order valence-corrected chi connectivity index (χ1v) is 9.95. The molecule has 4 saturated carbocycles. The molecule has 5 aliphatic rings. The molecular formula is C20H27N3O2. The Morgan fingerprint density at radius 2 is 1.84 bits per heavy atom. The second kappa shape index (κ2) is 5.42. The van der Waals surface area contributed by atoms with Crippen molar-refractivity contribution >= 4 is 5.91 Å². The van der Waals surface area contributed by atoms with Crippen molar-refractivity contribution in [2.45, 2.75) is 76.3 Å². The van der Waals surface area contributed by atoms with Gasteiger partial charge in [-0.25, -0.2) is 4.68 Å². The van der Waals surface area contributed by atoms with Crippen LogP contribution in [0.4, 0.5) is 0 Å². The van der Waals surface area contributed by atoms with Crippen LogP contribution < -0.4 is 10.9 Å². The molecule has 5 nitrogen and oxygen atoms in total. The molecule has 5 heteroatoms. The predicted octanol–water partition coefficient (Wildman–Crippen LogP) is 2.38. The first-order chi connectivity index (χ1) is 12.0. The number of hydrogen-bond donors (Lipinski definition) is 1. The molecule has 1 aromatic heterocycles. The summed E-state index contributed by atoms with van der Waals surface area (Å²) in [5.74, 6) is 2.35. The van der Waals surface area contributed by atoms with Gasteiger partial charge in [-0.05, 0) is 88.0 Å². The van der Waals surface area contributed by atoms with Crippen LogP contribution in [0.15, 0.2) is 10.9 Å². The van der Waals surface area contributed by atoms with Crippen LogP contribution in [0.1, 0.15) is 69.2 Å². The number of rotatable bonds is 3. The van der Waals surface area contributed by atoms with Gasteiger partial charge in [0.2, 0.25) is 5.91 Å². The summed E-state index contributed by atoms with van der Waals surface area (Å²) in [5, 5.41) is 7.89. The van der Waals surface area contributed by atoms with Gasteiger partial charge in [0.1, 0.15) is 6.04 Å². The minimum Gasteiger partial charge on any atom is -0.349 e. The van der Waals surface area contributed by atoms with Crippen LogP contribution in [0.25, 0.3) is 0 Å². The highest BCUT2D eigenvalue weighted by Crippen LogP contribution is 2.55. The third kappa shape index (κ3) is 2.54. The number of carbonyl (C=O) groups excluding carboxylic acids is 1. The van der Waals surface area contributed by atoms with Gasteiger partial charge in [0.25, 0.3) is 5.56 Å². The molecule has 4 fully saturated rings. The molecule has 0 radical (unpaired) electrons. The van der Waals surface area contributed by atoms with Crippen LogP contribution in [-0.4, -0.2) is 21.2 Å². The van der Waals surface area contributed by atoms with E-state index in [1.165, 1.54) is 23.9 Å². The van der Waals surface area contributed by atoms with Crippen LogP contribution in [0.3, 0.4) is 0 Å². The maximum absolute atomic E-state index is 13.0. The minimum atomic E-state index is -0.536. The fraction of sp³-hybridized carbons (Fsp3) is 0.750. The number of aromatic nitrogens is 2. The van der Waals surface area contributed by atoms with E-state index < -0.39 is 6.04 Å². The summed E-state index contributed by atoms with van der Waals surface area (Å²) in [5.41, 5.74) is 1.90.